The number of tetrazole rings is 1. The molecule has 110 valence electrons. The average Bonchev–Trinajstić information content (AvgIpc) is 3.15. The fourth-order valence-corrected chi connectivity index (χ4v) is 3.77. The van der Waals surface area contributed by atoms with Crippen molar-refractivity contribution in [2.45, 2.75) is 36.9 Å². The molecule has 1 fully saturated rings. The number of halogens is 1. The Bertz CT molecular complexity index is 639. The van der Waals surface area contributed by atoms with Crippen molar-refractivity contribution < 1.29 is 4.79 Å². The van der Waals surface area contributed by atoms with E-state index in [1.165, 1.54) is 24.6 Å². The highest BCUT2D eigenvalue weighted by Gasteiger charge is 2.22. The number of rotatable bonds is 5. The lowest BCUT2D eigenvalue weighted by atomic mass is 10.2. The van der Waals surface area contributed by atoms with Gasteiger partial charge in [0.15, 0.2) is 5.78 Å². The molecule has 3 rings (SSSR count). The summed E-state index contributed by atoms with van der Waals surface area (Å²) in [7, 11) is 0. The number of Topliss-reactive ketones (excluding diaryl/α,β-unsaturated/α-hetero) is 1. The summed E-state index contributed by atoms with van der Waals surface area (Å²) in [5.41, 5.74) is 0.705. The van der Waals surface area contributed by atoms with Crippen LogP contribution in [-0.4, -0.2) is 31.7 Å². The van der Waals surface area contributed by atoms with Crippen molar-refractivity contribution in [1.29, 1.82) is 0 Å². The van der Waals surface area contributed by atoms with Gasteiger partial charge in [-0.2, -0.15) is 0 Å². The van der Waals surface area contributed by atoms with Crippen LogP contribution in [0.3, 0.4) is 0 Å². The van der Waals surface area contributed by atoms with Gasteiger partial charge in [0, 0.05) is 10.0 Å². The van der Waals surface area contributed by atoms with Crippen LogP contribution in [0.1, 0.15) is 42.1 Å². The van der Waals surface area contributed by atoms with E-state index in [4.69, 9.17) is 0 Å². The van der Waals surface area contributed by atoms with Crippen molar-refractivity contribution in [3.05, 3.63) is 34.3 Å². The second kappa shape index (κ2) is 6.70. The molecule has 0 aliphatic heterocycles. The Hall–Kier alpha value is -1.21. The largest absolute Gasteiger partial charge is 0.293 e. The van der Waals surface area contributed by atoms with Gasteiger partial charge in [-0.25, -0.2) is 4.68 Å². The van der Waals surface area contributed by atoms with Crippen LogP contribution in [0.25, 0.3) is 0 Å². The SMILES string of the molecule is O=C(CSc1nnnn1C1CCCC1)c1cccc(Br)c1. The van der Waals surface area contributed by atoms with Crippen molar-refractivity contribution >= 4 is 33.5 Å². The van der Waals surface area contributed by atoms with E-state index in [0.29, 0.717) is 17.4 Å². The van der Waals surface area contributed by atoms with E-state index in [9.17, 15) is 4.79 Å². The third-order valence-corrected chi connectivity index (χ3v) is 5.04. The minimum atomic E-state index is 0.0854. The van der Waals surface area contributed by atoms with Crippen molar-refractivity contribution in [3.63, 3.8) is 0 Å². The molecule has 0 amide bonds. The summed E-state index contributed by atoms with van der Waals surface area (Å²) in [6.45, 7) is 0. The van der Waals surface area contributed by atoms with Gasteiger partial charge < -0.3 is 0 Å². The van der Waals surface area contributed by atoms with Crippen molar-refractivity contribution in [1.82, 2.24) is 20.2 Å². The van der Waals surface area contributed by atoms with Crippen LogP contribution in [0.2, 0.25) is 0 Å². The maximum atomic E-state index is 12.2. The summed E-state index contributed by atoms with van der Waals surface area (Å²) in [4.78, 5) is 12.2. The zero-order valence-corrected chi connectivity index (χ0v) is 13.8. The molecule has 7 heteroatoms. The summed E-state index contributed by atoms with van der Waals surface area (Å²) in [6, 6.07) is 7.83. The predicted molar refractivity (Wildman–Crippen MR) is 84.5 cm³/mol. The maximum Gasteiger partial charge on any atom is 0.210 e. The summed E-state index contributed by atoms with van der Waals surface area (Å²) in [6.07, 6.45) is 4.70. The van der Waals surface area contributed by atoms with E-state index in [1.54, 1.807) is 0 Å². The predicted octanol–water partition coefficient (Wildman–Crippen LogP) is 3.53. The summed E-state index contributed by atoms with van der Waals surface area (Å²) < 4.78 is 2.79. The molecule has 0 saturated heterocycles. The Morgan fingerprint density at radius 2 is 2.19 bits per heavy atom. The maximum absolute atomic E-state index is 12.2. The number of ketones is 1. The molecule has 0 spiro atoms. The zero-order valence-electron chi connectivity index (χ0n) is 11.4. The number of aromatic nitrogens is 4. The number of carbonyl (C=O) groups is 1. The fraction of sp³-hybridized carbons (Fsp3) is 0.429. The lowest BCUT2D eigenvalue weighted by Gasteiger charge is -2.10. The average molecular weight is 367 g/mol. The highest BCUT2D eigenvalue weighted by Crippen LogP contribution is 2.31. The first-order chi connectivity index (χ1) is 10.2. The Morgan fingerprint density at radius 3 is 2.95 bits per heavy atom. The van der Waals surface area contributed by atoms with Gasteiger partial charge in [0.2, 0.25) is 5.16 Å². The molecule has 2 aromatic rings. The minimum absolute atomic E-state index is 0.0854. The third kappa shape index (κ3) is 3.52. The molecule has 21 heavy (non-hydrogen) atoms. The Kier molecular flexibility index (Phi) is 4.70. The highest BCUT2D eigenvalue weighted by molar-refractivity contribution is 9.10. The van der Waals surface area contributed by atoms with Crippen molar-refractivity contribution in [2.75, 3.05) is 5.75 Å². The van der Waals surface area contributed by atoms with Crippen LogP contribution >= 0.6 is 27.7 Å². The van der Waals surface area contributed by atoms with Gasteiger partial charge in [-0.1, -0.05) is 52.7 Å². The summed E-state index contributed by atoms with van der Waals surface area (Å²) >= 11 is 4.79. The quantitative estimate of drug-likeness (QED) is 0.598. The first-order valence-corrected chi connectivity index (χ1v) is 8.71. The monoisotopic (exact) mass is 366 g/mol. The fourth-order valence-electron chi connectivity index (χ4n) is 2.53. The molecule has 1 saturated carbocycles. The number of carbonyl (C=O) groups excluding carboxylic acids is 1. The molecular formula is C14H15BrN4OS. The molecule has 0 atom stereocenters. The van der Waals surface area contributed by atoms with Gasteiger partial charge in [-0.15, -0.1) is 5.10 Å². The van der Waals surface area contributed by atoms with E-state index < -0.39 is 0 Å². The van der Waals surface area contributed by atoms with Crippen LogP contribution in [-0.2, 0) is 0 Å². The smallest absolute Gasteiger partial charge is 0.210 e. The molecule has 0 bridgehead atoms. The molecule has 0 unspecified atom stereocenters. The Labute approximate surface area is 135 Å². The van der Waals surface area contributed by atoms with E-state index in [1.807, 2.05) is 28.9 Å². The van der Waals surface area contributed by atoms with Crippen LogP contribution in [0.15, 0.2) is 33.9 Å². The highest BCUT2D eigenvalue weighted by atomic mass is 79.9. The molecule has 1 aromatic carbocycles. The molecule has 1 aliphatic rings. The van der Waals surface area contributed by atoms with Gasteiger partial charge in [0.05, 0.1) is 11.8 Å². The Balaban J connectivity index is 1.65. The third-order valence-electron chi connectivity index (χ3n) is 3.61. The normalized spacial score (nSPS) is 15.5. The number of nitrogens with zero attached hydrogens (tertiary/aromatic N) is 4. The van der Waals surface area contributed by atoms with Crippen LogP contribution < -0.4 is 0 Å². The van der Waals surface area contributed by atoms with Gasteiger partial charge in [-0.3, -0.25) is 4.79 Å². The standard InChI is InChI=1S/C14H15BrN4OS/c15-11-5-3-4-10(8-11)13(20)9-21-14-16-17-18-19(14)12-6-1-2-7-12/h3-5,8,12H,1-2,6-7,9H2. The number of hydrogen-bond acceptors (Lipinski definition) is 5. The topological polar surface area (TPSA) is 60.7 Å². The second-order valence-corrected chi connectivity index (χ2v) is 6.92. The zero-order chi connectivity index (χ0) is 14.7. The van der Waals surface area contributed by atoms with Crippen LogP contribution in [0.4, 0.5) is 0 Å². The van der Waals surface area contributed by atoms with E-state index in [2.05, 4.69) is 31.5 Å². The Morgan fingerprint density at radius 1 is 1.38 bits per heavy atom. The van der Waals surface area contributed by atoms with Gasteiger partial charge in [0.25, 0.3) is 0 Å². The number of hydrogen-bond donors (Lipinski definition) is 0. The molecule has 1 heterocycles. The van der Waals surface area contributed by atoms with Gasteiger partial charge in [-0.05, 0) is 35.4 Å². The van der Waals surface area contributed by atoms with E-state index in [-0.39, 0.29) is 5.78 Å². The minimum Gasteiger partial charge on any atom is -0.293 e. The summed E-state index contributed by atoms with van der Waals surface area (Å²) in [5, 5.41) is 12.6. The molecule has 5 nitrogen and oxygen atoms in total. The second-order valence-electron chi connectivity index (χ2n) is 5.07. The van der Waals surface area contributed by atoms with Gasteiger partial charge >= 0.3 is 0 Å². The number of benzene rings is 1. The lowest BCUT2D eigenvalue weighted by Crippen LogP contribution is -2.10. The van der Waals surface area contributed by atoms with Gasteiger partial charge in [0.1, 0.15) is 0 Å². The molecule has 1 aromatic heterocycles. The molecule has 0 radical (unpaired) electrons. The molecule has 0 N–H and O–H groups in total. The molecular weight excluding hydrogens is 352 g/mol. The lowest BCUT2D eigenvalue weighted by molar-refractivity contribution is 0.102. The van der Waals surface area contributed by atoms with E-state index >= 15 is 0 Å². The van der Waals surface area contributed by atoms with Crippen molar-refractivity contribution in [3.8, 4) is 0 Å². The van der Waals surface area contributed by atoms with E-state index in [0.717, 1.165) is 22.5 Å². The number of thioether (sulfide) groups is 1. The molecule has 1 aliphatic carbocycles. The summed E-state index contributed by atoms with van der Waals surface area (Å²) in [5.74, 6) is 0.436. The van der Waals surface area contributed by atoms with Crippen molar-refractivity contribution in [2.24, 2.45) is 0 Å². The first-order valence-electron chi connectivity index (χ1n) is 6.93. The van der Waals surface area contributed by atoms with Crippen LogP contribution in [0.5, 0.6) is 0 Å². The van der Waals surface area contributed by atoms with Crippen LogP contribution in [0, 0.1) is 0 Å². The first kappa shape index (κ1) is 14.7.